The minimum Gasteiger partial charge on any atom is -0.329 e. The van der Waals surface area contributed by atoms with Gasteiger partial charge in [-0.1, -0.05) is 19.3 Å². The van der Waals surface area contributed by atoms with Gasteiger partial charge in [-0.15, -0.1) is 0 Å². The number of nitrogens with zero attached hydrogens (tertiary/aromatic N) is 1. The van der Waals surface area contributed by atoms with Crippen LogP contribution >= 0.6 is 0 Å². The van der Waals surface area contributed by atoms with Crippen molar-refractivity contribution in [2.45, 2.75) is 69.2 Å². The summed E-state index contributed by atoms with van der Waals surface area (Å²) in [6, 6.07) is 0.159. The standard InChI is InChI=1S/C12H24N2O2S/c1-10-5-4-6-11(9-13)14(10)17(15,16)12-7-2-3-8-12/h10-12H,2-9,13H2,1H3. The van der Waals surface area contributed by atoms with Crippen LogP contribution in [0.5, 0.6) is 0 Å². The molecule has 2 atom stereocenters. The van der Waals surface area contributed by atoms with E-state index in [1.165, 1.54) is 0 Å². The van der Waals surface area contributed by atoms with E-state index in [1.54, 1.807) is 4.31 Å². The van der Waals surface area contributed by atoms with Crippen molar-refractivity contribution in [1.82, 2.24) is 4.31 Å². The summed E-state index contributed by atoms with van der Waals surface area (Å²) in [7, 11) is -3.12. The van der Waals surface area contributed by atoms with Crippen LogP contribution in [0.4, 0.5) is 0 Å². The van der Waals surface area contributed by atoms with Crippen LogP contribution in [0.25, 0.3) is 0 Å². The predicted octanol–water partition coefficient (Wildman–Crippen LogP) is 1.46. The monoisotopic (exact) mass is 260 g/mol. The largest absolute Gasteiger partial charge is 0.329 e. The van der Waals surface area contributed by atoms with Crippen LogP contribution in [0, 0.1) is 0 Å². The SMILES string of the molecule is CC1CCCC(CN)N1S(=O)(=O)C1CCCC1. The lowest BCUT2D eigenvalue weighted by Gasteiger charge is -2.40. The van der Waals surface area contributed by atoms with Gasteiger partial charge in [0.05, 0.1) is 5.25 Å². The number of hydrogen-bond donors (Lipinski definition) is 1. The molecule has 4 nitrogen and oxygen atoms in total. The highest BCUT2D eigenvalue weighted by molar-refractivity contribution is 7.89. The Morgan fingerprint density at radius 1 is 1.12 bits per heavy atom. The second-order valence-corrected chi connectivity index (χ2v) is 7.57. The molecule has 1 aliphatic heterocycles. The minimum atomic E-state index is -3.12. The summed E-state index contributed by atoms with van der Waals surface area (Å²) in [5.74, 6) is 0. The zero-order chi connectivity index (χ0) is 12.5. The van der Waals surface area contributed by atoms with E-state index in [0.29, 0.717) is 6.54 Å². The van der Waals surface area contributed by atoms with E-state index in [9.17, 15) is 8.42 Å². The van der Waals surface area contributed by atoms with Crippen LogP contribution in [0.1, 0.15) is 51.9 Å². The van der Waals surface area contributed by atoms with E-state index >= 15 is 0 Å². The Morgan fingerprint density at radius 2 is 1.76 bits per heavy atom. The molecule has 5 heteroatoms. The molecule has 1 saturated carbocycles. The first-order valence-electron chi connectivity index (χ1n) is 6.79. The normalized spacial score (nSPS) is 33.1. The molecular weight excluding hydrogens is 236 g/mol. The van der Waals surface area contributed by atoms with Gasteiger partial charge in [0.25, 0.3) is 0 Å². The molecule has 0 spiro atoms. The first-order valence-corrected chi connectivity index (χ1v) is 8.30. The lowest BCUT2D eigenvalue weighted by molar-refractivity contribution is 0.194. The van der Waals surface area contributed by atoms with Gasteiger partial charge in [0.2, 0.25) is 10.0 Å². The Bertz CT molecular complexity index is 350. The average Bonchev–Trinajstić information content (AvgIpc) is 2.82. The maximum absolute atomic E-state index is 12.6. The lowest BCUT2D eigenvalue weighted by Crippen LogP contribution is -2.54. The Balaban J connectivity index is 2.22. The van der Waals surface area contributed by atoms with Crippen LogP contribution < -0.4 is 5.73 Å². The third kappa shape index (κ3) is 2.51. The van der Waals surface area contributed by atoms with Gasteiger partial charge in [-0.25, -0.2) is 8.42 Å². The van der Waals surface area contributed by atoms with Gasteiger partial charge in [-0.2, -0.15) is 4.31 Å². The van der Waals surface area contributed by atoms with Gasteiger partial charge < -0.3 is 5.73 Å². The van der Waals surface area contributed by atoms with Gasteiger partial charge >= 0.3 is 0 Å². The minimum absolute atomic E-state index is 0.0318. The van der Waals surface area contributed by atoms with Gasteiger partial charge in [-0.05, 0) is 32.6 Å². The molecule has 0 aromatic heterocycles. The number of nitrogens with two attached hydrogens (primary N) is 1. The van der Waals surface area contributed by atoms with Crippen molar-refractivity contribution in [1.29, 1.82) is 0 Å². The van der Waals surface area contributed by atoms with Crippen LogP contribution in [0.2, 0.25) is 0 Å². The first kappa shape index (κ1) is 13.3. The summed E-state index contributed by atoms with van der Waals surface area (Å²) in [6.45, 7) is 2.48. The smallest absolute Gasteiger partial charge is 0.217 e. The molecule has 0 radical (unpaired) electrons. The van der Waals surface area contributed by atoms with Crippen LogP contribution in [-0.4, -0.2) is 36.6 Å². The first-order chi connectivity index (χ1) is 8.07. The molecule has 17 heavy (non-hydrogen) atoms. The molecule has 2 N–H and O–H groups in total. The molecule has 2 fully saturated rings. The lowest BCUT2D eigenvalue weighted by atomic mass is 10.00. The Hall–Kier alpha value is -0.130. The zero-order valence-corrected chi connectivity index (χ0v) is 11.5. The van der Waals surface area contributed by atoms with Crippen LogP contribution in [-0.2, 0) is 10.0 Å². The summed E-state index contributed by atoms with van der Waals surface area (Å²) in [5.41, 5.74) is 5.75. The maximum Gasteiger partial charge on any atom is 0.217 e. The molecule has 0 amide bonds. The highest BCUT2D eigenvalue weighted by Gasteiger charge is 2.41. The molecule has 1 aliphatic carbocycles. The second-order valence-electron chi connectivity index (χ2n) is 5.45. The third-order valence-electron chi connectivity index (χ3n) is 4.24. The predicted molar refractivity (Wildman–Crippen MR) is 69.2 cm³/mol. The number of piperidine rings is 1. The molecule has 1 heterocycles. The quantitative estimate of drug-likeness (QED) is 0.835. The average molecular weight is 260 g/mol. The van der Waals surface area contributed by atoms with Crippen molar-refractivity contribution in [3.8, 4) is 0 Å². The van der Waals surface area contributed by atoms with Crippen molar-refractivity contribution in [2.75, 3.05) is 6.54 Å². The van der Waals surface area contributed by atoms with Crippen molar-refractivity contribution in [2.24, 2.45) is 5.73 Å². The van der Waals surface area contributed by atoms with Crippen molar-refractivity contribution >= 4 is 10.0 Å². The van der Waals surface area contributed by atoms with E-state index in [1.807, 2.05) is 6.92 Å². The Morgan fingerprint density at radius 3 is 2.35 bits per heavy atom. The molecule has 100 valence electrons. The van der Waals surface area contributed by atoms with E-state index in [4.69, 9.17) is 5.73 Å². The highest BCUT2D eigenvalue weighted by atomic mass is 32.2. The van der Waals surface area contributed by atoms with Gasteiger partial charge in [0.15, 0.2) is 0 Å². The van der Waals surface area contributed by atoms with Gasteiger partial charge in [-0.3, -0.25) is 0 Å². The zero-order valence-electron chi connectivity index (χ0n) is 10.6. The third-order valence-corrected chi connectivity index (χ3v) is 6.80. The van der Waals surface area contributed by atoms with E-state index in [-0.39, 0.29) is 17.3 Å². The van der Waals surface area contributed by atoms with E-state index in [0.717, 1.165) is 44.9 Å². The van der Waals surface area contributed by atoms with Crippen molar-refractivity contribution in [3.05, 3.63) is 0 Å². The summed E-state index contributed by atoms with van der Waals surface area (Å²) < 4.78 is 27.0. The molecule has 2 rings (SSSR count). The number of rotatable bonds is 3. The van der Waals surface area contributed by atoms with Crippen LogP contribution in [0.3, 0.4) is 0 Å². The fourth-order valence-electron chi connectivity index (χ4n) is 3.30. The Kier molecular flexibility index (Phi) is 4.10. The highest BCUT2D eigenvalue weighted by Crippen LogP contribution is 2.33. The Labute approximate surface area is 105 Å². The molecule has 0 bridgehead atoms. The summed E-state index contributed by atoms with van der Waals surface area (Å²) in [6.07, 6.45) is 6.78. The van der Waals surface area contributed by atoms with Crippen molar-refractivity contribution in [3.63, 3.8) is 0 Å². The molecule has 0 aromatic carbocycles. The van der Waals surface area contributed by atoms with Gasteiger partial charge in [0.1, 0.15) is 0 Å². The number of sulfonamides is 1. The maximum atomic E-state index is 12.6. The van der Waals surface area contributed by atoms with E-state index < -0.39 is 10.0 Å². The van der Waals surface area contributed by atoms with E-state index in [2.05, 4.69) is 0 Å². The summed E-state index contributed by atoms with van der Waals surface area (Å²) in [4.78, 5) is 0. The number of hydrogen-bond acceptors (Lipinski definition) is 3. The van der Waals surface area contributed by atoms with Gasteiger partial charge in [0, 0.05) is 18.6 Å². The molecule has 2 unspecified atom stereocenters. The second kappa shape index (κ2) is 5.24. The fourth-order valence-corrected chi connectivity index (χ4v) is 5.79. The molecule has 2 aliphatic rings. The molecule has 0 aromatic rings. The molecular formula is C12H24N2O2S. The van der Waals surface area contributed by atoms with Crippen molar-refractivity contribution < 1.29 is 8.42 Å². The molecule has 1 saturated heterocycles. The fraction of sp³-hybridized carbons (Fsp3) is 1.00. The topological polar surface area (TPSA) is 63.4 Å². The van der Waals surface area contributed by atoms with Crippen LogP contribution in [0.15, 0.2) is 0 Å². The summed E-state index contributed by atoms with van der Waals surface area (Å²) >= 11 is 0. The summed E-state index contributed by atoms with van der Waals surface area (Å²) in [5, 5.41) is -0.142.